The van der Waals surface area contributed by atoms with E-state index in [4.69, 9.17) is 9.47 Å². The summed E-state index contributed by atoms with van der Waals surface area (Å²) in [5.41, 5.74) is 1.71. The molecule has 0 amide bonds. The van der Waals surface area contributed by atoms with Crippen molar-refractivity contribution in [1.29, 1.82) is 0 Å². The number of rotatable bonds is 6. The number of carbonyl (C=O) groups is 1. The molecule has 120 valence electrons. The first-order valence-electron chi connectivity index (χ1n) is 7.80. The zero-order valence-corrected chi connectivity index (χ0v) is 13.2. The summed E-state index contributed by atoms with van der Waals surface area (Å²) in [4.78, 5) is 12.6. The van der Waals surface area contributed by atoms with Crippen LogP contribution >= 0.6 is 0 Å². The van der Waals surface area contributed by atoms with Crippen LogP contribution in [0.5, 0.6) is 5.75 Å². The highest BCUT2D eigenvalue weighted by Gasteiger charge is 2.24. The average molecular weight is 318 g/mol. The van der Waals surface area contributed by atoms with Crippen molar-refractivity contribution in [3.05, 3.63) is 102 Å². The fourth-order valence-corrected chi connectivity index (χ4v) is 2.32. The molecule has 0 bridgehead atoms. The summed E-state index contributed by atoms with van der Waals surface area (Å²) in [5, 5.41) is 0. The van der Waals surface area contributed by atoms with Gasteiger partial charge in [-0.3, -0.25) is 0 Å². The fraction of sp³-hybridized carbons (Fsp3) is 0.0952. The van der Waals surface area contributed by atoms with Crippen LogP contribution in [-0.4, -0.2) is 5.97 Å². The molecule has 0 aliphatic rings. The lowest BCUT2D eigenvalue weighted by molar-refractivity contribution is -0.153. The van der Waals surface area contributed by atoms with E-state index in [0.717, 1.165) is 11.1 Å². The standard InChI is InChI=1S/C21H18O3/c22-21(23-16-17-10-4-1-5-11-17)20(18-12-6-2-7-13-18)24-19-14-8-3-9-15-19/h1-15,20H,16H2/t20-/m0/s1. The molecule has 0 unspecified atom stereocenters. The third-order valence-electron chi connectivity index (χ3n) is 3.54. The van der Waals surface area contributed by atoms with Crippen molar-refractivity contribution < 1.29 is 14.3 Å². The molecule has 3 aromatic rings. The van der Waals surface area contributed by atoms with Gasteiger partial charge in [0.2, 0.25) is 6.10 Å². The van der Waals surface area contributed by atoms with Crippen LogP contribution in [0.3, 0.4) is 0 Å². The van der Waals surface area contributed by atoms with Gasteiger partial charge in [-0.1, -0.05) is 78.9 Å². The molecule has 0 fully saturated rings. The molecule has 0 aliphatic carbocycles. The molecule has 3 rings (SSSR count). The highest BCUT2D eigenvalue weighted by atomic mass is 16.6. The van der Waals surface area contributed by atoms with Crippen LogP contribution < -0.4 is 4.74 Å². The Bertz CT molecular complexity index is 755. The topological polar surface area (TPSA) is 35.5 Å². The largest absolute Gasteiger partial charge is 0.474 e. The molecule has 0 heterocycles. The molecule has 0 aliphatic heterocycles. The van der Waals surface area contributed by atoms with Gasteiger partial charge < -0.3 is 9.47 Å². The van der Waals surface area contributed by atoms with Crippen molar-refractivity contribution in [1.82, 2.24) is 0 Å². The van der Waals surface area contributed by atoms with Gasteiger partial charge in [-0.15, -0.1) is 0 Å². The molecule has 24 heavy (non-hydrogen) atoms. The van der Waals surface area contributed by atoms with E-state index in [0.29, 0.717) is 5.75 Å². The van der Waals surface area contributed by atoms with Gasteiger partial charge in [0.25, 0.3) is 0 Å². The highest BCUT2D eigenvalue weighted by Crippen LogP contribution is 2.23. The summed E-state index contributed by atoms with van der Waals surface area (Å²) in [6.07, 6.45) is -0.794. The summed E-state index contributed by atoms with van der Waals surface area (Å²) < 4.78 is 11.3. The molecule has 0 aromatic heterocycles. The lowest BCUT2D eigenvalue weighted by Crippen LogP contribution is -2.21. The third-order valence-corrected chi connectivity index (χ3v) is 3.54. The van der Waals surface area contributed by atoms with Crippen molar-refractivity contribution in [3.8, 4) is 5.75 Å². The number of esters is 1. The van der Waals surface area contributed by atoms with Crippen molar-refractivity contribution >= 4 is 5.97 Å². The Labute approximate surface area is 141 Å². The summed E-state index contributed by atoms with van der Waals surface area (Å²) in [7, 11) is 0. The molecular weight excluding hydrogens is 300 g/mol. The Morgan fingerprint density at radius 2 is 1.29 bits per heavy atom. The molecule has 3 heteroatoms. The molecular formula is C21H18O3. The number of para-hydroxylation sites is 1. The van der Waals surface area contributed by atoms with E-state index in [9.17, 15) is 4.79 Å². The van der Waals surface area contributed by atoms with E-state index in [2.05, 4.69) is 0 Å². The Hall–Kier alpha value is -3.07. The van der Waals surface area contributed by atoms with Gasteiger partial charge >= 0.3 is 5.97 Å². The maximum absolute atomic E-state index is 12.6. The number of ether oxygens (including phenoxy) is 2. The van der Waals surface area contributed by atoms with Crippen molar-refractivity contribution in [2.45, 2.75) is 12.7 Å². The minimum Gasteiger partial charge on any atom is -0.474 e. The van der Waals surface area contributed by atoms with Gasteiger partial charge in [-0.25, -0.2) is 4.79 Å². The lowest BCUT2D eigenvalue weighted by atomic mass is 10.1. The van der Waals surface area contributed by atoms with Gasteiger partial charge in [0.05, 0.1) is 0 Å². The Morgan fingerprint density at radius 3 is 1.92 bits per heavy atom. The first-order valence-corrected chi connectivity index (χ1v) is 7.80. The van der Waals surface area contributed by atoms with Crippen LogP contribution in [0.15, 0.2) is 91.0 Å². The third kappa shape index (κ3) is 4.23. The SMILES string of the molecule is O=C(OCc1ccccc1)[C@@H](Oc1ccccc1)c1ccccc1. The highest BCUT2D eigenvalue weighted by molar-refractivity contribution is 5.77. The lowest BCUT2D eigenvalue weighted by Gasteiger charge is -2.18. The maximum atomic E-state index is 12.6. The molecule has 0 N–H and O–H groups in total. The number of carbonyl (C=O) groups excluding carboxylic acids is 1. The van der Waals surface area contributed by atoms with E-state index >= 15 is 0 Å². The van der Waals surface area contributed by atoms with Gasteiger partial charge in [-0.2, -0.15) is 0 Å². The van der Waals surface area contributed by atoms with Crippen LogP contribution in [0.2, 0.25) is 0 Å². The van der Waals surface area contributed by atoms with Crippen molar-refractivity contribution in [2.75, 3.05) is 0 Å². The summed E-state index contributed by atoms with van der Waals surface area (Å²) in [5.74, 6) is 0.219. The summed E-state index contributed by atoms with van der Waals surface area (Å²) in [6, 6.07) is 28.2. The van der Waals surface area contributed by atoms with Gasteiger partial charge in [0.15, 0.2) is 0 Å². The van der Waals surface area contributed by atoms with E-state index in [1.54, 1.807) is 0 Å². The van der Waals surface area contributed by atoms with Crippen molar-refractivity contribution in [3.63, 3.8) is 0 Å². The smallest absolute Gasteiger partial charge is 0.352 e. The summed E-state index contributed by atoms with van der Waals surface area (Å²) in [6.45, 7) is 0.223. The first kappa shape index (κ1) is 15.8. The minimum atomic E-state index is -0.794. The number of hydrogen-bond donors (Lipinski definition) is 0. The van der Waals surface area contributed by atoms with Crippen LogP contribution in [-0.2, 0) is 16.1 Å². The van der Waals surface area contributed by atoms with Crippen molar-refractivity contribution in [2.24, 2.45) is 0 Å². The summed E-state index contributed by atoms with van der Waals surface area (Å²) >= 11 is 0. The van der Waals surface area contributed by atoms with Crippen LogP contribution in [0.25, 0.3) is 0 Å². The second kappa shape index (κ2) is 7.97. The molecule has 3 nitrogen and oxygen atoms in total. The Balaban J connectivity index is 1.75. The van der Waals surface area contributed by atoms with E-state index in [-0.39, 0.29) is 6.61 Å². The van der Waals surface area contributed by atoms with Gasteiger partial charge in [-0.05, 0) is 17.7 Å². The fourth-order valence-electron chi connectivity index (χ4n) is 2.32. The quantitative estimate of drug-likeness (QED) is 0.625. The predicted octanol–water partition coefficient (Wildman–Crippen LogP) is 4.55. The number of hydrogen-bond acceptors (Lipinski definition) is 3. The Kier molecular flexibility index (Phi) is 5.25. The number of benzene rings is 3. The molecule has 3 aromatic carbocycles. The minimum absolute atomic E-state index is 0.223. The predicted molar refractivity (Wildman–Crippen MR) is 92.5 cm³/mol. The van der Waals surface area contributed by atoms with Gasteiger partial charge in [0.1, 0.15) is 12.4 Å². The zero-order valence-electron chi connectivity index (χ0n) is 13.2. The molecule has 0 saturated carbocycles. The second-order valence-electron chi connectivity index (χ2n) is 5.31. The van der Waals surface area contributed by atoms with Crippen LogP contribution in [0, 0.1) is 0 Å². The normalized spacial score (nSPS) is 11.5. The Morgan fingerprint density at radius 1 is 0.750 bits per heavy atom. The zero-order chi connectivity index (χ0) is 16.6. The van der Waals surface area contributed by atoms with E-state index in [1.807, 2.05) is 91.0 Å². The van der Waals surface area contributed by atoms with E-state index < -0.39 is 12.1 Å². The first-order chi connectivity index (χ1) is 11.8. The second-order valence-corrected chi connectivity index (χ2v) is 5.31. The molecule has 0 saturated heterocycles. The average Bonchev–Trinajstić information content (AvgIpc) is 2.66. The van der Waals surface area contributed by atoms with Crippen LogP contribution in [0.1, 0.15) is 17.2 Å². The van der Waals surface area contributed by atoms with Gasteiger partial charge in [0, 0.05) is 5.56 Å². The molecule has 0 spiro atoms. The molecule has 0 radical (unpaired) electrons. The molecule has 1 atom stereocenters. The monoisotopic (exact) mass is 318 g/mol. The van der Waals surface area contributed by atoms with E-state index in [1.165, 1.54) is 0 Å². The van der Waals surface area contributed by atoms with Crippen LogP contribution in [0.4, 0.5) is 0 Å². The maximum Gasteiger partial charge on any atom is 0.352 e.